The van der Waals surface area contributed by atoms with Gasteiger partial charge in [0.1, 0.15) is 0 Å². The molecule has 6 nitrogen and oxygen atoms in total. The number of urea groups is 1. The summed E-state index contributed by atoms with van der Waals surface area (Å²) in [5.74, 6) is -1.63. The van der Waals surface area contributed by atoms with Crippen LogP contribution in [0.4, 0.5) is 16.2 Å². The van der Waals surface area contributed by atoms with E-state index in [1.54, 1.807) is 12.1 Å². The smallest absolute Gasteiger partial charge is 0.326 e. The highest BCUT2D eigenvalue weighted by atomic mass is 16.3. The van der Waals surface area contributed by atoms with E-state index in [4.69, 9.17) is 0 Å². The minimum absolute atomic E-state index is 0.183. The van der Waals surface area contributed by atoms with Crippen LogP contribution < -0.4 is 10.2 Å². The van der Waals surface area contributed by atoms with E-state index in [1.165, 1.54) is 4.90 Å². The monoisotopic (exact) mass is 288 g/mol. The molecule has 6 heteroatoms. The minimum atomic E-state index is -0.622. The fourth-order valence-electron chi connectivity index (χ4n) is 1.92. The highest BCUT2D eigenvalue weighted by Crippen LogP contribution is 2.37. The van der Waals surface area contributed by atoms with Crippen molar-refractivity contribution in [2.75, 3.05) is 16.8 Å². The molecule has 0 bridgehead atoms. The van der Waals surface area contributed by atoms with E-state index in [1.807, 2.05) is 25.1 Å². The van der Waals surface area contributed by atoms with E-state index in [2.05, 4.69) is 5.32 Å². The van der Waals surface area contributed by atoms with Crippen LogP contribution in [0.3, 0.4) is 0 Å². The summed E-state index contributed by atoms with van der Waals surface area (Å²) in [6.45, 7) is 2.28. The fourth-order valence-corrected chi connectivity index (χ4v) is 1.92. The Morgan fingerprint density at radius 1 is 1.10 bits per heavy atom. The Kier molecular flexibility index (Phi) is 4.18. The van der Waals surface area contributed by atoms with Crippen molar-refractivity contribution in [1.82, 2.24) is 0 Å². The van der Waals surface area contributed by atoms with E-state index < -0.39 is 23.3 Å². The van der Waals surface area contributed by atoms with Crippen LogP contribution >= 0.6 is 0 Å². The predicted molar refractivity (Wildman–Crippen MR) is 79.9 cm³/mol. The van der Waals surface area contributed by atoms with E-state index >= 15 is 0 Å². The molecule has 0 aliphatic rings. The average molecular weight is 288 g/mol. The van der Waals surface area contributed by atoms with Crippen LogP contribution in [0.2, 0.25) is 0 Å². The van der Waals surface area contributed by atoms with Gasteiger partial charge >= 0.3 is 6.03 Å². The van der Waals surface area contributed by atoms with Crippen molar-refractivity contribution in [3.63, 3.8) is 0 Å². The molecule has 4 N–H and O–H groups in total. The fraction of sp³-hybridized carbons (Fsp3) is 0.133. The number of phenolic OH excluding ortho intramolecular Hbond substituents is 3. The van der Waals surface area contributed by atoms with Gasteiger partial charge in [0, 0.05) is 24.4 Å². The molecule has 110 valence electrons. The van der Waals surface area contributed by atoms with Gasteiger partial charge in [0.05, 0.1) is 5.69 Å². The van der Waals surface area contributed by atoms with Gasteiger partial charge in [-0.25, -0.2) is 4.79 Å². The van der Waals surface area contributed by atoms with Gasteiger partial charge in [0.15, 0.2) is 17.2 Å². The van der Waals surface area contributed by atoms with Gasteiger partial charge in [0.2, 0.25) is 0 Å². The van der Waals surface area contributed by atoms with Crippen LogP contribution in [-0.4, -0.2) is 27.9 Å². The lowest BCUT2D eigenvalue weighted by atomic mass is 10.2. The molecule has 0 heterocycles. The van der Waals surface area contributed by atoms with Gasteiger partial charge < -0.3 is 20.6 Å². The Morgan fingerprint density at radius 3 is 2.19 bits per heavy atom. The summed E-state index contributed by atoms with van der Waals surface area (Å²) in [5.41, 5.74) is 0.909. The van der Waals surface area contributed by atoms with Crippen molar-refractivity contribution in [1.29, 1.82) is 0 Å². The number of aromatic hydroxyl groups is 3. The molecule has 2 amide bonds. The van der Waals surface area contributed by atoms with Gasteiger partial charge in [-0.3, -0.25) is 4.90 Å². The van der Waals surface area contributed by atoms with Crippen LogP contribution in [0.25, 0.3) is 0 Å². The van der Waals surface area contributed by atoms with Gasteiger partial charge in [-0.05, 0) is 19.1 Å². The number of nitrogens with one attached hydrogen (secondary N) is 1. The molecule has 0 aromatic heterocycles. The number of carbonyl (C=O) groups excluding carboxylic acids is 1. The first-order valence-electron chi connectivity index (χ1n) is 6.41. The molecule has 0 aliphatic heterocycles. The molecule has 0 aliphatic carbocycles. The Bertz CT molecular complexity index is 620. The zero-order valence-electron chi connectivity index (χ0n) is 11.4. The van der Waals surface area contributed by atoms with E-state index in [9.17, 15) is 20.1 Å². The molecule has 0 saturated heterocycles. The van der Waals surface area contributed by atoms with Crippen LogP contribution in [0.15, 0.2) is 42.5 Å². The van der Waals surface area contributed by atoms with Crippen molar-refractivity contribution in [2.24, 2.45) is 0 Å². The summed E-state index contributed by atoms with van der Waals surface area (Å²) in [4.78, 5) is 13.7. The lowest BCUT2D eigenvalue weighted by Crippen LogP contribution is -2.34. The third-order valence-electron chi connectivity index (χ3n) is 2.95. The highest BCUT2D eigenvalue weighted by Gasteiger charge is 2.15. The van der Waals surface area contributed by atoms with Gasteiger partial charge in [0.25, 0.3) is 0 Å². The third-order valence-corrected chi connectivity index (χ3v) is 2.95. The number of nitrogens with zero attached hydrogens (tertiary/aromatic N) is 1. The van der Waals surface area contributed by atoms with Crippen LogP contribution in [0.5, 0.6) is 17.2 Å². The van der Waals surface area contributed by atoms with Crippen LogP contribution in [0, 0.1) is 0 Å². The Labute approximate surface area is 121 Å². The van der Waals surface area contributed by atoms with Crippen molar-refractivity contribution >= 4 is 17.4 Å². The number of para-hydroxylation sites is 1. The Hall–Kier alpha value is -2.89. The number of rotatable bonds is 3. The second-order valence-electron chi connectivity index (χ2n) is 4.37. The number of hydrogen-bond donors (Lipinski definition) is 4. The quantitative estimate of drug-likeness (QED) is 0.516. The van der Waals surface area contributed by atoms with Gasteiger partial charge in [-0.15, -0.1) is 0 Å². The van der Waals surface area contributed by atoms with Gasteiger partial charge in [-0.2, -0.15) is 0 Å². The molecule has 2 rings (SSSR count). The average Bonchev–Trinajstić information content (AvgIpc) is 2.46. The first-order chi connectivity index (χ1) is 10.0. The molecule has 0 fully saturated rings. The Morgan fingerprint density at radius 2 is 1.67 bits per heavy atom. The molecule has 21 heavy (non-hydrogen) atoms. The number of phenols is 3. The molecule has 2 aromatic rings. The summed E-state index contributed by atoms with van der Waals surface area (Å²) in [6, 6.07) is 11.0. The lowest BCUT2D eigenvalue weighted by molar-refractivity contribution is 0.257. The second-order valence-corrected chi connectivity index (χ2v) is 4.37. The molecule has 0 saturated carbocycles. The number of hydrogen-bond acceptors (Lipinski definition) is 4. The summed E-state index contributed by atoms with van der Waals surface area (Å²) < 4.78 is 0. The number of anilines is 2. The Balaban J connectivity index is 2.21. The minimum Gasteiger partial charge on any atom is -0.504 e. The summed E-state index contributed by atoms with van der Waals surface area (Å²) >= 11 is 0. The standard InChI is InChI=1S/C15H16N2O4/c1-2-17(11-6-4-3-5-7-11)15(21)16-10-8-12(18)14(20)13(19)9-10/h3-9,18-20H,2H2,1H3,(H,16,21). The summed E-state index contributed by atoms with van der Waals surface area (Å²) in [5, 5.41) is 30.7. The molecule has 0 radical (unpaired) electrons. The molecule has 0 spiro atoms. The number of benzene rings is 2. The number of amides is 2. The zero-order valence-corrected chi connectivity index (χ0v) is 11.4. The first-order valence-corrected chi connectivity index (χ1v) is 6.41. The highest BCUT2D eigenvalue weighted by molar-refractivity contribution is 6.02. The topological polar surface area (TPSA) is 93.0 Å². The van der Waals surface area contributed by atoms with Crippen molar-refractivity contribution in [3.05, 3.63) is 42.5 Å². The van der Waals surface area contributed by atoms with Crippen LogP contribution in [-0.2, 0) is 0 Å². The first kappa shape index (κ1) is 14.5. The van der Waals surface area contributed by atoms with Crippen LogP contribution in [0.1, 0.15) is 6.92 Å². The summed E-state index contributed by atoms with van der Waals surface area (Å²) in [7, 11) is 0. The van der Waals surface area contributed by atoms with E-state index in [-0.39, 0.29) is 5.69 Å². The number of carbonyl (C=O) groups is 1. The largest absolute Gasteiger partial charge is 0.504 e. The van der Waals surface area contributed by atoms with Crippen molar-refractivity contribution in [2.45, 2.75) is 6.92 Å². The molecular formula is C15H16N2O4. The zero-order chi connectivity index (χ0) is 15.4. The summed E-state index contributed by atoms with van der Waals surface area (Å²) in [6.07, 6.45) is 0. The molecule has 2 aromatic carbocycles. The maximum absolute atomic E-state index is 12.2. The van der Waals surface area contributed by atoms with Crippen molar-refractivity contribution in [3.8, 4) is 17.2 Å². The second kappa shape index (κ2) is 6.04. The maximum atomic E-state index is 12.2. The van der Waals surface area contributed by atoms with E-state index in [0.29, 0.717) is 6.54 Å². The normalized spacial score (nSPS) is 10.1. The lowest BCUT2D eigenvalue weighted by Gasteiger charge is -2.21. The SMILES string of the molecule is CCN(C(=O)Nc1cc(O)c(O)c(O)c1)c1ccccc1. The third kappa shape index (κ3) is 3.17. The molecule has 0 atom stereocenters. The molecule has 0 unspecified atom stereocenters. The van der Waals surface area contributed by atoms with Crippen molar-refractivity contribution < 1.29 is 20.1 Å². The maximum Gasteiger partial charge on any atom is 0.326 e. The predicted octanol–water partition coefficient (Wildman–Crippen LogP) is 2.86. The van der Waals surface area contributed by atoms with E-state index in [0.717, 1.165) is 17.8 Å². The van der Waals surface area contributed by atoms with Gasteiger partial charge in [-0.1, -0.05) is 18.2 Å². The molecular weight excluding hydrogens is 272 g/mol.